The lowest BCUT2D eigenvalue weighted by atomic mass is 10.0. The first-order valence-corrected chi connectivity index (χ1v) is 35.2. The van der Waals surface area contributed by atoms with E-state index in [9.17, 15) is 14.4 Å². The molecular weight excluding hydrogens is 1010 g/mol. The molecule has 0 amide bonds. The number of allylic oxidation sites excluding steroid dienone is 16. The van der Waals surface area contributed by atoms with Gasteiger partial charge < -0.3 is 14.2 Å². The van der Waals surface area contributed by atoms with E-state index in [0.29, 0.717) is 19.3 Å². The molecule has 6 nitrogen and oxygen atoms in total. The molecule has 0 saturated carbocycles. The fourth-order valence-corrected chi connectivity index (χ4v) is 10.1. The number of esters is 3. The summed E-state index contributed by atoms with van der Waals surface area (Å²) in [7, 11) is 0. The van der Waals surface area contributed by atoms with E-state index in [-0.39, 0.29) is 31.1 Å². The topological polar surface area (TPSA) is 78.9 Å². The Bertz CT molecular complexity index is 1590. The lowest BCUT2D eigenvalue weighted by Crippen LogP contribution is -2.30. The molecule has 1 unspecified atom stereocenters. The van der Waals surface area contributed by atoms with Crippen molar-refractivity contribution < 1.29 is 28.6 Å². The van der Waals surface area contributed by atoms with Crippen molar-refractivity contribution in [1.29, 1.82) is 0 Å². The zero-order chi connectivity index (χ0) is 59.2. The maximum atomic E-state index is 12.9. The Morgan fingerprint density at radius 2 is 0.476 bits per heavy atom. The van der Waals surface area contributed by atoms with Crippen LogP contribution in [-0.4, -0.2) is 37.2 Å². The summed E-state index contributed by atoms with van der Waals surface area (Å²) >= 11 is 0. The Morgan fingerprint density at radius 3 is 0.744 bits per heavy atom. The van der Waals surface area contributed by atoms with Gasteiger partial charge in [0.2, 0.25) is 0 Å². The van der Waals surface area contributed by atoms with Crippen LogP contribution in [0.3, 0.4) is 0 Å². The normalized spacial score (nSPS) is 12.7. The van der Waals surface area contributed by atoms with E-state index in [1.54, 1.807) is 0 Å². The van der Waals surface area contributed by atoms with Gasteiger partial charge >= 0.3 is 17.9 Å². The van der Waals surface area contributed by atoms with Gasteiger partial charge in [0.15, 0.2) is 6.10 Å². The molecule has 0 spiro atoms. The molecule has 0 aliphatic heterocycles. The van der Waals surface area contributed by atoms with Crippen LogP contribution in [0.4, 0.5) is 0 Å². The average molecular weight is 1140 g/mol. The van der Waals surface area contributed by atoms with Crippen LogP contribution < -0.4 is 0 Å². The van der Waals surface area contributed by atoms with Crippen LogP contribution in [0.25, 0.3) is 0 Å². The Balaban J connectivity index is 3.99. The molecule has 0 heterocycles. The smallest absolute Gasteiger partial charge is 0.306 e. The molecule has 0 aromatic carbocycles. The fourth-order valence-electron chi connectivity index (χ4n) is 10.1. The standard InChI is InChI=1S/C76H132O6/c1-4-7-10-13-16-18-20-22-24-26-28-30-32-34-36-37-38-39-41-42-44-46-48-50-52-54-56-58-60-63-66-69-75(78)81-72-73(71-80-74(77)68-65-62-15-12-9-6-3)82-76(79)70-67-64-61-59-57-55-53-51-49-47-45-43-40-35-33-31-29-27-25-23-21-19-17-14-11-8-5-2/h7-8,10-11,16-19,22-25,28-31,73H,4-6,9,12-15,20-21,26-27,32-72H2,1-3H3/b10-7-,11-8-,18-16-,19-17-,24-22-,25-23-,30-28-,31-29-. The molecule has 0 saturated heterocycles. The van der Waals surface area contributed by atoms with Gasteiger partial charge in [-0.1, -0.05) is 330 Å². The maximum Gasteiger partial charge on any atom is 0.306 e. The molecule has 0 rings (SSSR count). The predicted molar refractivity (Wildman–Crippen MR) is 357 cm³/mol. The largest absolute Gasteiger partial charge is 0.462 e. The number of hydrogen-bond acceptors (Lipinski definition) is 6. The van der Waals surface area contributed by atoms with Crippen molar-refractivity contribution in [1.82, 2.24) is 0 Å². The first-order chi connectivity index (χ1) is 40.5. The van der Waals surface area contributed by atoms with Gasteiger partial charge in [-0.05, 0) is 96.3 Å². The van der Waals surface area contributed by atoms with Crippen molar-refractivity contribution >= 4 is 17.9 Å². The first-order valence-electron chi connectivity index (χ1n) is 35.2. The SMILES string of the molecule is CC/C=C\C/C=C\C/C=C\C/C=C\CCCCCCCCCCCCCCCCCCCCC(=O)OCC(COC(=O)CCCCCCCC)OC(=O)CCCCCCCCCCCCCCCC/C=C\C/C=C\C/C=C\C/C=C\CC. The van der Waals surface area contributed by atoms with Crippen LogP contribution in [0.2, 0.25) is 0 Å². The zero-order valence-electron chi connectivity index (χ0n) is 54.2. The van der Waals surface area contributed by atoms with E-state index in [1.165, 1.54) is 199 Å². The summed E-state index contributed by atoms with van der Waals surface area (Å²) in [6.45, 7) is 6.40. The van der Waals surface area contributed by atoms with Gasteiger partial charge in [-0.2, -0.15) is 0 Å². The molecule has 0 aromatic rings. The first kappa shape index (κ1) is 78.3. The fraction of sp³-hybridized carbons (Fsp3) is 0.750. The highest BCUT2D eigenvalue weighted by Crippen LogP contribution is 2.18. The molecule has 0 N–H and O–H groups in total. The minimum Gasteiger partial charge on any atom is -0.462 e. The van der Waals surface area contributed by atoms with E-state index >= 15 is 0 Å². The van der Waals surface area contributed by atoms with Gasteiger partial charge in [0.1, 0.15) is 13.2 Å². The van der Waals surface area contributed by atoms with Crippen molar-refractivity contribution in [2.75, 3.05) is 13.2 Å². The number of rotatable bonds is 64. The second kappa shape index (κ2) is 69.8. The van der Waals surface area contributed by atoms with Gasteiger partial charge in [-0.3, -0.25) is 14.4 Å². The van der Waals surface area contributed by atoms with Crippen LogP contribution in [-0.2, 0) is 28.6 Å². The molecule has 1 atom stereocenters. The number of carbonyl (C=O) groups is 3. The second-order valence-electron chi connectivity index (χ2n) is 23.4. The lowest BCUT2D eigenvalue weighted by Gasteiger charge is -2.18. The monoisotopic (exact) mass is 1140 g/mol. The summed E-state index contributed by atoms with van der Waals surface area (Å²) in [6, 6.07) is 0. The van der Waals surface area contributed by atoms with Crippen LogP contribution in [0.1, 0.15) is 348 Å². The van der Waals surface area contributed by atoms with Crippen molar-refractivity contribution in [3.63, 3.8) is 0 Å². The average Bonchev–Trinajstić information content (AvgIpc) is 3.47. The minimum atomic E-state index is -0.773. The summed E-state index contributed by atoms with van der Waals surface area (Å²) < 4.78 is 16.9. The van der Waals surface area contributed by atoms with Gasteiger partial charge in [-0.15, -0.1) is 0 Å². The van der Waals surface area contributed by atoms with E-state index in [0.717, 1.165) is 109 Å². The Kier molecular flexibility index (Phi) is 66.7. The molecule has 0 aromatic heterocycles. The highest BCUT2D eigenvalue weighted by molar-refractivity contribution is 5.71. The van der Waals surface area contributed by atoms with Crippen LogP contribution in [0.15, 0.2) is 97.2 Å². The quantitative estimate of drug-likeness (QED) is 0.0261. The summed E-state index contributed by atoms with van der Waals surface area (Å²) in [6.07, 6.45) is 94.8. The Hall–Kier alpha value is -3.67. The third-order valence-corrected chi connectivity index (χ3v) is 15.3. The van der Waals surface area contributed by atoms with Gasteiger partial charge in [-0.25, -0.2) is 0 Å². The van der Waals surface area contributed by atoms with E-state index in [4.69, 9.17) is 14.2 Å². The third-order valence-electron chi connectivity index (χ3n) is 15.3. The molecule has 82 heavy (non-hydrogen) atoms. The third kappa shape index (κ3) is 67.1. The minimum absolute atomic E-state index is 0.0727. The summed E-state index contributed by atoms with van der Waals surface area (Å²) in [5.41, 5.74) is 0. The van der Waals surface area contributed by atoms with Crippen molar-refractivity contribution in [3.05, 3.63) is 97.2 Å². The summed E-state index contributed by atoms with van der Waals surface area (Å²) in [5.74, 6) is -0.867. The van der Waals surface area contributed by atoms with Crippen LogP contribution in [0.5, 0.6) is 0 Å². The molecule has 6 heteroatoms. The van der Waals surface area contributed by atoms with Crippen LogP contribution >= 0.6 is 0 Å². The van der Waals surface area contributed by atoms with E-state index in [2.05, 4.69) is 118 Å². The highest BCUT2D eigenvalue weighted by Gasteiger charge is 2.19. The van der Waals surface area contributed by atoms with E-state index in [1.807, 2.05) is 0 Å². The van der Waals surface area contributed by atoms with Gasteiger partial charge in [0, 0.05) is 19.3 Å². The molecule has 0 radical (unpaired) electrons. The predicted octanol–water partition coefficient (Wildman–Crippen LogP) is 24.4. The molecule has 0 aliphatic rings. The molecular formula is C76H132O6. The van der Waals surface area contributed by atoms with Crippen LogP contribution in [0, 0.1) is 0 Å². The number of unbranched alkanes of at least 4 members (excludes halogenated alkanes) is 37. The van der Waals surface area contributed by atoms with Crippen molar-refractivity contribution in [2.45, 2.75) is 354 Å². The molecule has 472 valence electrons. The molecule has 0 bridgehead atoms. The highest BCUT2D eigenvalue weighted by atomic mass is 16.6. The Morgan fingerprint density at radius 1 is 0.256 bits per heavy atom. The Labute approximate surface area is 508 Å². The maximum absolute atomic E-state index is 12.9. The van der Waals surface area contributed by atoms with Crippen molar-refractivity contribution in [2.24, 2.45) is 0 Å². The van der Waals surface area contributed by atoms with Crippen molar-refractivity contribution in [3.8, 4) is 0 Å². The lowest BCUT2D eigenvalue weighted by molar-refractivity contribution is -0.167. The summed E-state index contributed by atoms with van der Waals surface area (Å²) in [5, 5.41) is 0. The number of hydrogen-bond donors (Lipinski definition) is 0. The molecule has 0 aliphatic carbocycles. The number of carbonyl (C=O) groups excluding carboxylic acids is 3. The van der Waals surface area contributed by atoms with E-state index < -0.39 is 6.10 Å². The number of ether oxygens (including phenoxy) is 3. The van der Waals surface area contributed by atoms with Gasteiger partial charge in [0.25, 0.3) is 0 Å². The summed E-state index contributed by atoms with van der Waals surface area (Å²) in [4.78, 5) is 38.1. The van der Waals surface area contributed by atoms with Gasteiger partial charge in [0.05, 0.1) is 0 Å². The molecule has 0 fully saturated rings. The second-order valence-corrected chi connectivity index (χ2v) is 23.4. The zero-order valence-corrected chi connectivity index (χ0v) is 54.2.